The molecule has 20 heavy (non-hydrogen) atoms. The minimum absolute atomic E-state index is 0.139. The van der Waals surface area contributed by atoms with E-state index in [2.05, 4.69) is 10.6 Å². The average Bonchev–Trinajstić information content (AvgIpc) is 2.30. The van der Waals surface area contributed by atoms with Crippen molar-refractivity contribution in [3.8, 4) is 0 Å². The smallest absolute Gasteiger partial charge is 0.312 e. The summed E-state index contributed by atoms with van der Waals surface area (Å²) in [4.78, 5) is 47.4. The summed E-state index contributed by atoms with van der Waals surface area (Å²) in [6.45, 7) is 5.10. The first-order chi connectivity index (χ1) is 9.22. The molecule has 5 amide bonds. The fourth-order valence-electron chi connectivity index (χ4n) is 2.05. The van der Waals surface area contributed by atoms with Crippen LogP contribution < -0.4 is 16.4 Å². The molecule has 4 N–H and O–H groups in total. The molecule has 0 saturated carbocycles. The third kappa shape index (κ3) is 3.94. The number of carbonyl (C=O) groups is 4. The van der Waals surface area contributed by atoms with Crippen LogP contribution in [0, 0.1) is 5.92 Å². The second kappa shape index (κ2) is 6.36. The van der Waals surface area contributed by atoms with E-state index in [1.807, 2.05) is 13.8 Å². The number of nitrogens with zero attached hydrogens (tertiary/aromatic N) is 1. The van der Waals surface area contributed by atoms with E-state index in [4.69, 9.17) is 5.73 Å². The van der Waals surface area contributed by atoms with Crippen LogP contribution in [0.25, 0.3) is 0 Å². The summed E-state index contributed by atoms with van der Waals surface area (Å²) in [6.07, 6.45) is 0.376. The lowest BCUT2D eigenvalue weighted by atomic mass is 10.0. The normalized spacial score (nSPS) is 20.6. The van der Waals surface area contributed by atoms with Crippen LogP contribution >= 0.6 is 0 Å². The van der Waals surface area contributed by atoms with Crippen LogP contribution in [0.5, 0.6) is 0 Å². The minimum Gasteiger partial charge on any atom is -0.352 e. The van der Waals surface area contributed by atoms with Crippen molar-refractivity contribution in [2.75, 3.05) is 6.54 Å². The van der Waals surface area contributed by atoms with Gasteiger partial charge in [-0.1, -0.05) is 13.8 Å². The first kappa shape index (κ1) is 15.9. The number of hydrogen-bond acceptors (Lipinski definition) is 4. The van der Waals surface area contributed by atoms with E-state index in [0.717, 1.165) is 4.90 Å². The van der Waals surface area contributed by atoms with Crippen molar-refractivity contribution < 1.29 is 19.2 Å². The van der Waals surface area contributed by atoms with E-state index in [0.29, 0.717) is 6.42 Å². The van der Waals surface area contributed by atoms with Gasteiger partial charge in [-0.05, 0) is 19.3 Å². The topological polar surface area (TPSA) is 122 Å². The average molecular weight is 284 g/mol. The number of nitrogens with two attached hydrogens (primary N) is 1. The highest BCUT2D eigenvalue weighted by atomic mass is 16.2. The number of hydrogen-bond donors (Lipinski definition) is 3. The van der Waals surface area contributed by atoms with Gasteiger partial charge in [-0.25, -0.2) is 4.79 Å². The molecule has 1 fully saturated rings. The van der Waals surface area contributed by atoms with Crippen LogP contribution in [0.1, 0.15) is 27.2 Å². The lowest BCUT2D eigenvalue weighted by Gasteiger charge is -2.34. The second-order valence-corrected chi connectivity index (χ2v) is 5.25. The predicted molar refractivity (Wildman–Crippen MR) is 70.3 cm³/mol. The number of urea groups is 1. The van der Waals surface area contributed by atoms with E-state index >= 15 is 0 Å². The zero-order chi connectivity index (χ0) is 15.4. The van der Waals surface area contributed by atoms with Crippen LogP contribution in [-0.2, 0) is 14.4 Å². The highest BCUT2D eigenvalue weighted by Crippen LogP contribution is 2.12. The van der Waals surface area contributed by atoms with Crippen LogP contribution in [0.4, 0.5) is 4.79 Å². The second-order valence-electron chi connectivity index (χ2n) is 5.25. The van der Waals surface area contributed by atoms with Crippen molar-refractivity contribution >= 4 is 23.8 Å². The lowest BCUT2D eigenvalue weighted by Crippen LogP contribution is -2.62. The van der Waals surface area contributed by atoms with Gasteiger partial charge in [-0.2, -0.15) is 0 Å². The molecule has 1 aliphatic rings. The summed E-state index contributed by atoms with van der Waals surface area (Å²) in [5, 5.41) is 4.51. The molecule has 0 radical (unpaired) electrons. The molecule has 1 heterocycles. The first-order valence-electron chi connectivity index (χ1n) is 6.42. The monoisotopic (exact) mass is 284 g/mol. The molecule has 0 aromatic heterocycles. The number of carbonyl (C=O) groups excluding carboxylic acids is 4. The van der Waals surface area contributed by atoms with Crippen LogP contribution in [0.3, 0.4) is 0 Å². The Morgan fingerprint density at radius 1 is 1.45 bits per heavy atom. The predicted octanol–water partition coefficient (Wildman–Crippen LogP) is -1.06. The summed E-state index contributed by atoms with van der Waals surface area (Å²) in [5.41, 5.74) is 5.06. The van der Waals surface area contributed by atoms with E-state index < -0.39 is 35.8 Å². The van der Waals surface area contributed by atoms with Gasteiger partial charge in [0.1, 0.15) is 18.6 Å². The Hall–Kier alpha value is -2.12. The van der Waals surface area contributed by atoms with Crippen molar-refractivity contribution in [2.45, 2.75) is 39.3 Å². The Balaban J connectivity index is 2.89. The van der Waals surface area contributed by atoms with E-state index in [9.17, 15) is 19.2 Å². The summed E-state index contributed by atoms with van der Waals surface area (Å²) < 4.78 is 0. The number of rotatable bonds is 4. The van der Waals surface area contributed by atoms with Gasteiger partial charge in [0, 0.05) is 0 Å². The van der Waals surface area contributed by atoms with Gasteiger partial charge in [0.15, 0.2) is 0 Å². The Labute approximate surface area is 117 Å². The maximum Gasteiger partial charge on any atom is 0.312 e. The SMILES string of the molecule is CC(C)CC(NC(N)=O)C(=O)N1CC(=O)NC(=O)C1C. The zero-order valence-electron chi connectivity index (χ0n) is 11.8. The Morgan fingerprint density at radius 2 is 2.05 bits per heavy atom. The molecule has 0 bridgehead atoms. The molecule has 8 nitrogen and oxygen atoms in total. The van der Waals surface area contributed by atoms with Crippen LogP contribution in [0.2, 0.25) is 0 Å². The Bertz CT molecular complexity index is 435. The number of piperazine rings is 1. The van der Waals surface area contributed by atoms with Crippen molar-refractivity contribution in [3.05, 3.63) is 0 Å². The highest BCUT2D eigenvalue weighted by molar-refractivity contribution is 6.04. The molecule has 1 saturated heterocycles. The number of amides is 5. The minimum atomic E-state index is -0.839. The van der Waals surface area contributed by atoms with Crippen molar-refractivity contribution in [1.29, 1.82) is 0 Å². The fraction of sp³-hybridized carbons (Fsp3) is 0.667. The van der Waals surface area contributed by atoms with Crippen LogP contribution in [-0.4, -0.2) is 47.3 Å². The van der Waals surface area contributed by atoms with Crippen molar-refractivity contribution in [2.24, 2.45) is 11.7 Å². The van der Waals surface area contributed by atoms with Gasteiger partial charge >= 0.3 is 6.03 Å². The molecule has 0 aliphatic carbocycles. The van der Waals surface area contributed by atoms with Gasteiger partial charge in [0.05, 0.1) is 0 Å². The molecule has 2 atom stereocenters. The van der Waals surface area contributed by atoms with E-state index in [-0.39, 0.29) is 12.5 Å². The number of primary amides is 1. The molecule has 8 heteroatoms. The summed E-state index contributed by atoms with van der Waals surface area (Å²) in [6, 6.07) is -2.41. The van der Waals surface area contributed by atoms with Gasteiger partial charge in [0.2, 0.25) is 17.7 Å². The Kier molecular flexibility index (Phi) is 5.06. The number of imide groups is 1. The fourth-order valence-corrected chi connectivity index (χ4v) is 2.05. The van der Waals surface area contributed by atoms with Crippen molar-refractivity contribution in [3.63, 3.8) is 0 Å². The standard InChI is InChI=1S/C12H20N4O4/c1-6(2)4-8(14-12(13)20)11(19)16-5-9(17)15-10(18)7(16)3/h6-8H,4-5H2,1-3H3,(H3,13,14,20)(H,15,17,18). The van der Waals surface area contributed by atoms with E-state index in [1.54, 1.807) is 0 Å². The van der Waals surface area contributed by atoms with Crippen molar-refractivity contribution in [1.82, 2.24) is 15.5 Å². The summed E-state index contributed by atoms with van der Waals surface area (Å²) in [7, 11) is 0. The lowest BCUT2D eigenvalue weighted by molar-refractivity contribution is -0.150. The van der Waals surface area contributed by atoms with Crippen LogP contribution in [0.15, 0.2) is 0 Å². The third-order valence-corrected chi connectivity index (χ3v) is 3.03. The quantitative estimate of drug-likeness (QED) is 0.570. The van der Waals surface area contributed by atoms with Gasteiger partial charge < -0.3 is 16.0 Å². The molecule has 0 aromatic carbocycles. The maximum atomic E-state index is 12.4. The molecule has 2 unspecified atom stereocenters. The number of nitrogens with one attached hydrogen (secondary N) is 2. The third-order valence-electron chi connectivity index (χ3n) is 3.03. The van der Waals surface area contributed by atoms with Gasteiger partial charge in [0.25, 0.3) is 0 Å². The molecule has 112 valence electrons. The largest absolute Gasteiger partial charge is 0.352 e. The highest BCUT2D eigenvalue weighted by Gasteiger charge is 2.37. The Morgan fingerprint density at radius 3 is 2.55 bits per heavy atom. The van der Waals surface area contributed by atoms with Gasteiger partial charge in [-0.15, -0.1) is 0 Å². The molecule has 1 rings (SSSR count). The summed E-state index contributed by atoms with van der Waals surface area (Å²) in [5.74, 6) is -1.41. The maximum absolute atomic E-state index is 12.4. The first-order valence-corrected chi connectivity index (χ1v) is 6.42. The summed E-state index contributed by atoms with van der Waals surface area (Å²) >= 11 is 0. The molecule has 0 aromatic rings. The van der Waals surface area contributed by atoms with Gasteiger partial charge in [-0.3, -0.25) is 19.7 Å². The molecule has 0 spiro atoms. The van der Waals surface area contributed by atoms with E-state index in [1.165, 1.54) is 6.92 Å². The molecule has 1 aliphatic heterocycles. The molecular weight excluding hydrogens is 264 g/mol. The zero-order valence-corrected chi connectivity index (χ0v) is 11.8. The molecular formula is C12H20N4O4.